The number of nitrogens with one attached hydrogen (secondary N) is 1. The second kappa shape index (κ2) is 5.72. The van der Waals surface area contributed by atoms with Crippen molar-refractivity contribution in [1.29, 1.82) is 0 Å². The first-order valence-electron chi connectivity index (χ1n) is 1.57. The van der Waals surface area contributed by atoms with E-state index in [-0.39, 0.29) is 17.3 Å². The highest BCUT2D eigenvalue weighted by atomic mass is 35.5. The Hall–Kier alpha value is -0.280. The van der Waals surface area contributed by atoms with E-state index in [4.69, 9.17) is 11.6 Å². The molecule has 0 atom stereocenters. The van der Waals surface area contributed by atoms with Gasteiger partial charge in [0.25, 0.3) is 0 Å². The molecule has 0 saturated heterocycles. The van der Waals surface area contributed by atoms with Crippen molar-refractivity contribution in [3.8, 4) is 0 Å². The molecule has 0 aromatic carbocycles. The van der Waals surface area contributed by atoms with Crippen molar-refractivity contribution in [3.05, 3.63) is 0 Å². The standard InChI is InChI=1S/C3H6ClNO.H2O/c1-5-3(6)2-4;/h2H2,1H3,(H,5,6);1H2. The van der Waals surface area contributed by atoms with Crippen molar-refractivity contribution in [2.24, 2.45) is 0 Å². The van der Waals surface area contributed by atoms with E-state index in [0.717, 1.165) is 0 Å². The fourth-order valence-corrected chi connectivity index (χ4v) is 0.200. The number of amides is 1. The van der Waals surface area contributed by atoms with E-state index < -0.39 is 0 Å². The Kier molecular flexibility index (Phi) is 8.06. The maximum absolute atomic E-state index is 9.94. The fourth-order valence-electron chi connectivity index (χ4n) is 0.0668. The molecule has 0 unspecified atom stereocenters. The molecule has 0 heterocycles. The number of rotatable bonds is 1. The first-order chi connectivity index (χ1) is 2.81. The summed E-state index contributed by atoms with van der Waals surface area (Å²) in [4.78, 5) is 9.94. The highest BCUT2D eigenvalue weighted by Crippen LogP contribution is 1.68. The summed E-state index contributed by atoms with van der Waals surface area (Å²) in [5, 5.41) is 2.34. The quantitative estimate of drug-likeness (QED) is 0.456. The van der Waals surface area contributed by atoms with Crippen LogP contribution < -0.4 is 5.32 Å². The van der Waals surface area contributed by atoms with Gasteiger partial charge in [-0.15, -0.1) is 11.6 Å². The molecule has 7 heavy (non-hydrogen) atoms. The largest absolute Gasteiger partial charge is 0.412 e. The minimum atomic E-state index is -0.142. The Morgan fingerprint density at radius 3 is 2.29 bits per heavy atom. The third-order valence-electron chi connectivity index (χ3n) is 0.400. The second-order valence-corrected chi connectivity index (χ2v) is 1.07. The zero-order chi connectivity index (χ0) is 4.99. The zero-order valence-electron chi connectivity index (χ0n) is 3.99. The van der Waals surface area contributed by atoms with Gasteiger partial charge in [-0.05, 0) is 0 Å². The Balaban J connectivity index is 0. The molecular formula is C3H8ClNO2. The van der Waals surface area contributed by atoms with Gasteiger partial charge in [-0.25, -0.2) is 0 Å². The normalized spacial score (nSPS) is 6.57. The van der Waals surface area contributed by atoms with Crippen LogP contribution in [0.15, 0.2) is 0 Å². The van der Waals surface area contributed by atoms with Crippen LogP contribution in [0.4, 0.5) is 0 Å². The predicted octanol–water partition coefficient (Wildman–Crippen LogP) is -0.854. The number of hydrogen-bond acceptors (Lipinski definition) is 1. The summed E-state index contributed by atoms with van der Waals surface area (Å²) in [6.45, 7) is 0. The lowest BCUT2D eigenvalue weighted by Crippen LogP contribution is -2.18. The average molecular weight is 126 g/mol. The van der Waals surface area contributed by atoms with Crippen molar-refractivity contribution in [1.82, 2.24) is 5.32 Å². The molecule has 0 radical (unpaired) electrons. The van der Waals surface area contributed by atoms with Crippen LogP contribution in [-0.4, -0.2) is 24.3 Å². The maximum atomic E-state index is 9.94. The van der Waals surface area contributed by atoms with E-state index in [1.54, 1.807) is 7.05 Å². The van der Waals surface area contributed by atoms with Crippen LogP contribution in [0, 0.1) is 0 Å². The number of carbonyl (C=O) groups excluding carboxylic acids is 1. The van der Waals surface area contributed by atoms with Gasteiger partial charge in [0.05, 0.1) is 0 Å². The molecule has 0 aliphatic carbocycles. The van der Waals surface area contributed by atoms with Crippen molar-refractivity contribution in [3.63, 3.8) is 0 Å². The van der Waals surface area contributed by atoms with Crippen molar-refractivity contribution < 1.29 is 10.3 Å². The molecule has 4 heteroatoms. The van der Waals surface area contributed by atoms with Gasteiger partial charge in [0.15, 0.2) is 0 Å². The molecule has 44 valence electrons. The summed E-state index contributed by atoms with van der Waals surface area (Å²) < 4.78 is 0. The molecule has 0 bridgehead atoms. The van der Waals surface area contributed by atoms with Crippen LogP contribution in [-0.2, 0) is 4.79 Å². The highest BCUT2D eigenvalue weighted by Gasteiger charge is 1.86. The van der Waals surface area contributed by atoms with Gasteiger partial charge in [-0.3, -0.25) is 4.79 Å². The smallest absolute Gasteiger partial charge is 0.234 e. The lowest BCUT2D eigenvalue weighted by Gasteiger charge is -1.85. The van der Waals surface area contributed by atoms with Gasteiger partial charge in [0.1, 0.15) is 5.88 Å². The molecule has 3 N–H and O–H groups in total. The number of alkyl halides is 1. The molecule has 0 saturated carbocycles. The third-order valence-corrected chi connectivity index (χ3v) is 0.643. The second-order valence-electron chi connectivity index (χ2n) is 0.807. The number of carbonyl (C=O) groups is 1. The van der Waals surface area contributed by atoms with E-state index in [9.17, 15) is 4.79 Å². The van der Waals surface area contributed by atoms with Gasteiger partial charge >= 0.3 is 0 Å². The van der Waals surface area contributed by atoms with Gasteiger partial charge in [-0.1, -0.05) is 0 Å². The van der Waals surface area contributed by atoms with Gasteiger partial charge < -0.3 is 10.8 Å². The van der Waals surface area contributed by atoms with E-state index in [0.29, 0.717) is 0 Å². The van der Waals surface area contributed by atoms with Crippen LogP contribution >= 0.6 is 11.6 Å². The minimum absolute atomic E-state index is 0. The van der Waals surface area contributed by atoms with Gasteiger partial charge in [0.2, 0.25) is 5.91 Å². The lowest BCUT2D eigenvalue weighted by atomic mass is 10.7. The Morgan fingerprint density at radius 1 is 1.86 bits per heavy atom. The van der Waals surface area contributed by atoms with Crippen LogP contribution in [0.2, 0.25) is 0 Å². The molecule has 3 nitrogen and oxygen atoms in total. The topological polar surface area (TPSA) is 60.6 Å². The molecular weight excluding hydrogens is 117 g/mol. The van der Waals surface area contributed by atoms with Crippen LogP contribution in [0.25, 0.3) is 0 Å². The maximum Gasteiger partial charge on any atom is 0.234 e. The van der Waals surface area contributed by atoms with Crippen molar-refractivity contribution >= 4 is 17.5 Å². The Labute approximate surface area is 47.0 Å². The first-order valence-corrected chi connectivity index (χ1v) is 2.11. The molecule has 1 amide bonds. The third kappa shape index (κ3) is 5.72. The molecule has 0 fully saturated rings. The fraction of sp³-hybridized carbons (Fsp3) is 0.667. The molecule has 0 aromatic rings. The van der Waals surface area contributed by atoms with Gasteiger partial charge in [-0.2, -0.15) is 0 Å². The lowest BCUT2D eigenvalue weighted by molar-refractivity contribution is -0.118. The Morgan fingerprint density at radius 2 is 2.29 bits per heavy atom. The summed E-state index contributed by atoms with van der Waals surface area (Å²) in [5.41, 5.74) is 0. The SMILES string of the molecule is CNC(=O)CCl.O. The predicted molar refractivity (Wildman–Crippen MR) is 28.4 cm³/mol. The van der Waals surface area contributed by atoms with Crippen LogP contribution in [0.3, 0.4) is 0 Å². The van der Waals surface area contributed by atoms with Crippen molar-refractivity contribution in [2.45, 2.75) is 0 Å². The average Bonchev–Trinajstić information content (AvgIpc) is 1.65. The van der Waals surface area contributed by atoms with E-state index >= 15 is 0 Å². The number of hydrogen-bond donors (Lipinski definition) is 1. The summed E-state index contributed by atoms with van der Waals surface area (Å²) in [6.07, 6.45) is 0. The van der Waals surface area contributed by atoms with E-state index in [2.05, 4.69) is 5.32 Å². The first kappa shape index (κ1) is 9.87. The summed E-state index contributed by atoms with van der Waals surface area (Å²) in [7, 11) is 1.55. The molecule has 0 aliphatic rings. The van der Waals surface area contributed by atoms with E-state index in [1.165, 1.54) is 0 Å². The van der Waals surface area contributed by atoms with Crippen LogP contribution in [0.5, 0.6) is 0 Å². The van der Waals surface area contributed by atoms with Gasteiger partial charge in [0, 0.05) is 7.05 Å². The Bertz CT molecular complexity index is 50.9. The summed E-state index contributed by atoms with van der Waals surface area (Å²) >= 11 is 5.04. The molecule has 0 aliphatic heterocycles. The summed E-state index contributed by atoms with van der Waals surface area (Å²) in [6, 6.07) is 0. The molecule has 0 aromatic heterocycles. The van der Waals surface area contributed by atoms with Crippen molar-refractivity contribution in [2.75, 3.05) is 12.9 Å². The zero-order valence-corrected chi connectivity index (χ0v) is 4.75. The monoisotopic (exact) mass is 125 g/mol. The minimum Gasteiger partial charge on any atom is -0.412 e. The van der Waals surface area contributed by atoms with Crippen LogP contribution in [0.1, 0.15) is 0 Å². The number of halogens is 1. The molecule has 0 rings (SSSR count). The highest BCUT2D eigenvalue weighted by molar-refractivity contribution is 6.27. The molecule has 0 spiro atoms. The van der Waals surface area contributed by atoms with E-state index in [1.807, 2.05) is 0 Å². The summed E-state index contributed by atoms with van der Waals surface area (Å²) in [5.74, 6) is -0.0899.